The van der Waals surface area contributed by atoms with Gasteiger partial charge in [-0.3, -0.25) is 14.5 Å². The number of rotatable bonds is 3. The minimum absolute atomic E-state index is 0.0434. The summed E-state index contributed by atoms with van der Waals surface area (Å²) in [5.41, 5.74) is 0.459. The van der Waals surface area contributed by atoms with Crippen molar-refractivity contribution < 1.29 is 14.4 Å². The zero-order chi connectivity index (χ0) is 18.3. The molecule has 6 nitrogen and oxygen atoms in total. The van der Waals surface area contributed by atoms with E-state index in [0.29, 0.717) is 19.4 Å². The first-order valence-electron chi connectivity index (χ1n) is 9.55. The van der Waals surface area contributed by atoms with Gasteiger partial charge >= 0.3 is 6.03 Å². The van der Waals surface area contributed by atoms with E-state index in [1.807, 2.05) is 4.90 Å². The topological polar surface area (TPSA) is 69.7 Å². The summed E-state index contributed by atoms with van der Waals surface area (Å²) in [4.78, 5) is 42.6. The molecular formula is C19H25N3O3S. The van der Waals surface area contributed by atoms with Crippen LogP contribution in [0.2, 0.25) is 0 Å². The number of carbonyl (C=O) groups is 3. The number of amides is 4. The van der Waals surface area contributed by atoms with Crippen LogP contribution in [-0.4, -0.2) is 46.3 Å². The second-order valence-electron chi connectivity index (χ2n) is 7.52. The Hall–Kier alpha value is -1.89. The highest BCUT2D eigenvalue weighted by Crippen LogP contribution is 2.36. The van der Waals surface area contributed by atoms with Gasteiger partial charge in [0.1, 0.15) is 12.1 Å². The molecule has 3 aliphatic rings. The van der Waals surface area contributed by atoms with Crippen molar-refractivity contribution in [3.05, 3.63) is 21.9 Å². The van der Waals surface area contributed by atoms with Crippen molar-refractivity contribution in [3.8, 4) is 0 Å². The average Bonchev–Trinajstić information content (AvgIpc) is 3.21. The van der Waals surface area contributed by atoms with Crippen LogP contribution in [0, 0.1) is 0 Å². The van der Waals surface area contributed by atoms with Crippen molar-refractivity contribution in [2.75, 3.05) is 13.1 Å². The van der Waals surface area contributed by atoms with E-state index in [1.165, 1.54) is 10.4 Å². The summed E-state index contributed by atoms with van der Waals surface area (Å²) in [5.74, 6) is -0.345. The molecule has 4 rings (SSSR count). The van der Waals surface area contributed by atoms with E-state index >= 15 is 0 Å². The van der Waals surface area contributed by atoms with Gasteiger partial charge in [-0.1, -0.05) is 26.2 Å². The number of fused-ring (bicyclic) bond motifs is 1. The fourth-order valence-corrected chi connectivity index (χ4v) is 5.60. The smallest absolute Gasteiger partial charge is 0.325 e. The molecule has 1 N–H and O–H groups in total. The molecule has 1 aromatic heterocycles. The normalized spacial score (nSPS) is 24.7. The zero-order valence-corrected chi connectivity index (χ0v) is 15.9. The predicted molar refractivity (Wildman–Crippen MR) is 98.8 cm³/mol. The summed E-state index contributed by atoms with van der Waals surface area (Å²) in [6, 6.07) is 1.73. The van der Waals surface area contributed by atoms with Crippen LogP contribution >= 0.6 is 11.3 Å². The highest BCUT2D eigenvalue weighted by molar-refractivity contribution is 7.10. The Bertz CT molecular complexity index is 738. The molecule has 1 aromatic rings. The van der Waals surface area contributed by atoms with E-state index in [2.05, 4.69) is 23.7 Å². The monoisotopic (exact) mass is 375 g/mol. The lowest BCUT2D eigenvalue weighted by atomic mass is 9.82. The van der Waals surface area contributed by atoms with Gasteiger partial charge in [-0.25, -0.2) is 4.79 Å². The number of nitrogens with one attached hydrogen (secondary N) is 1. The number of thiophene rings is 1. The molecule has 3 heterocycles. The summed E-state index contributed by atoms with van der Waals surface area (Å²) in [6.45, 7) is 2.57. The Labute approximate surface area is 157 Å². The Morgan fingerprint density at radius 2 is 2.08 bits per heavy atom. The number of hydrogen-bond acceptors (Lipinski definition) is 4. The van der Waals surface area contributed by atoms with Crippen molar-refractivity contribution in [2.45, 2.75) is 63.5 Å². The van der Waals surface area contributed by atoms with Crippen LogP contribution in [-0.2, 0) is 16.0 Å². The fraction of sp³-hybridized carbons (Fsp3) is 0.632. The summed E-state index contributed by atoms with van der Waals surface area (Å²) in [7, 11) is 0. The van der Waals surface area contributed by atoms with Gasteiger partial charge in [0.15, 0.2) is 0 Å². The molecule has 2 aliphatic heterocycles. The Kier molecular flexibility index (Phi) is 4.50. The molecule has 1 unspecified atom stereocenters. The van der Waals surface area contributed by atoms with E-state index < -0.39 is 11.6 Å². The van der Waals surface area contributed by atoms with Crippen molar-refractivity contribution in [1.82, 2.24) is 15.1 Å². The molecule has 140 valence electrons. The SMILES string of the molecule is CCC1c2ccsc2CCN1C(=O)CN1C(=O)NC2(CCCCC2)C1=O. The van der Waals surface area contributed by atoms with Crippen molar-refractivity contribution >= 4 is 29.2 Å². The van der Waals surface area contributed by atoms with Gasteiger partial charge in [-0.2, -0.15) is 0 Å². The first kappa shape index (κ1) is 17.5. The van der Waals surface area contributed by atoms with Crippen molar-refractivity contribution in [3.63, 3.8) is 0 Å². The minimum atomic E-state index is -0.762. The lowest BCUT2D eigenvalue weighted by molar-refractivity contribution is -0.141. The van der Waals surface area contributed by atoms with Crippen LogP contribution in [0.4, 0.5) is 4.79 Å². The highest BCUT2D eigenvalue weighted by Gasteiger charge is 2.52. The number of hydrogen-bond donors (Lipinski definition) is 1. The van der Waals surface area contributed by atoms with Crippen molar-refractivity contribution in [1.29, 1.82) is 0 Å². The van der Waals surface area contributed by atoms with E-state index in [0.717, 1.165) is 37.0 Å². The van der Waals surface area contributed by atoms with Gasteiger partial charge in [0.25, 0.3) is 5.91 Å². The Morgan fingerprint density at radius 1 is 1.31 bits per heavy atom. The maximum Gasteiger partial charge on any atom is 0.325 e. The predicted octanol–water partition coefficient (Wildman–Crippen LogP) is 2.84. The van der Waals surface area contributed by atoms with Gasteiger partial charge < -0.3 is 10.2 Å². The van der Waals surface area contributed by atoms with Crippen LogP contribution in [0.25, 0.3) is 0 Å². The van der Waals surface area contributed by atoms with Gasteiger partial charge in [-0.15, -0.1) is 11.3 Å². The number of carbonyl (C=O) groups excluding carboxylic acids is 3. The van der Waals surface area contributed by atoms with Crippen molar-refractivity contribution in [2.24, 2.45) is 0 Å². The molecule has 1 aliphatic carbocycles. The van der Waals surface area contributed by atoms with Crippen LogP contribution < -0.4 is 5.32 Å². The quantitative estimate of drug-likeness (QED) is 0.826. The Morgan fingerprint density at radius 3 is 2.81 bits per heavy atom. The maximum absolute atomic E-state index is 13.0. The second kappa shape index (κ2) is 6.68. The van der Waals surface area contributed by atoms with Crippen LogP contribution in [0.5, 0.6) is 0 Å². The Balaban J connectivity index is 1.50. The molecule has 4 amide bonds. The van der Waals surface area contributed by atoms with E-state index in [4.69, 9.17) is 0 Å². The maximum atomic E-state index is 13.0. The average molecular weight is 375 g/mol. The third-order valence-corrected chi connectivity index (χ3v) is 7.04. The molecule has 0 radical (unpaired) electrons. The second-order valence-corrected chi connectivity index (χ2v) is 8.53. The van der Waals surface area contributed by atoms with Gasteiger partial charge in [-0.05, 0) is 42.7 Å². The molecule has 1 saturated heterocycles. The van der Waals surface area contributed by atoms with Crippen LogP contribution in [0.15, 0.2) is 11.4 Å². The summed E-state index contributed by atoms with van der Waals surface area (Å²) < 4.78 is 0. The lowest BCUT2D eigenvalue weighted by Crippen LogP contribution is -2.49. The molecule has 7 heteroatoms. The molecule has 1 atom stereocenters. The molecular weight excluding hydrogens is 350 g/mol. The molecule has 1 spiro atoms. The lowest BCUT2D eigenvalue weighted by Gasteiger charge is -2.36. The third kappa shape index (κ3) is 2.73. The highest BCUT2D eigenvalue weighted by atomic mass is 32.1. The van der Waals surface area contributed by atoms with Crippen LogP contribution in [0.1, 0.15) is 61.9 Å². The molecule has 0 bridgehead atoms. The standard InChI is InChI=1S/C19H25N3O3S/c1-2-14-13-7-11-26-15(13)6-10-21(14)16(23)12-22-17(24)19(20-18(22)25)8-4-3-5-9-19/h7,11,14H,2-6,8-10,12H2,1H3,(H,20,25). The van der Waals surface area contributed by atoms with Gasteiger partial charge in [0.2, 0.25) is 5.91 Å². The number of urea groups is 1. The largest absolute Gasteiger partial charge is 0.334 e. The fourth-order valence-electron chi connectivity index (χ4n) is 4.68. The molecule has 2 fully saturated rings. The van der Waals surface area contributed by atoms with E-state index in [1.54, 1.807) is 11.3 Å². The van der Waals surface area contributed by atoms with Crippen LogP contribution in [0.3, 0.4) is 0 Å². The number of imide groups is 1. The molecule has 1 saturated carbocycles. The molecule has 0 aromatic carbocycles. The first-order valence-corrected chi connectivity index (χ1v) is 10.4. The van der Waals surface area contributed by atoms with Gasteiger partial charge in [0, 0.05) is 11.4 Å². The van der Waals surface area contributed by atoms with Gasteiger partial charge in [0.05, 0.1) is 6.04 Å². The van der Waals surface area contributed by atoms with E-state index in [9.17, 15) is 14.4 Å². The molecule has 26 heavy (non-hydrogen) atoms. The first-order chi connectivity index (χ1) is 12.6. The number of nitrogens with zero attached hydrogens (tertiary/aromatic N) is 2. The summed E-state index contributed by atoms with van der Waals surface area (Å²) in [6.07, 6.45) is 6.03. The summed E-state index contributed by atoms with van der Waals surface area (Å²) >= 11 is 1.74. The van der Waals surface area contributed by atoms with E-state index in [-0.39, 0.29) is 24.4 Å². The minimum Gasteiger partial charge on any atom is -0.334 e. The zero-order valence-electron chi connectivity index (χ0n) is 15.1. The summed E-state index contributed by atoms with van der Waals surface area (Å²) in [5, 5.41) is 4.96. The third-order valence-electron chi connectivity index (χ3n) is 6.05.